The van der Waals surface area contributed by atoms with Crippen LogP contribution in [0.15, 0.2) is 18.2 Å². The van der Waals surface area contributed by atoms with Crippen molar-refractivity contribution in [1.29, 1.82) is 0 Å². The normalized spacial score (nSPS) is 12.2. The van der Waals surface area contributed by atoms with E-state index in [0.29, 0.717) is 0 Å². The van der Waals surface area contributed by atoms with Crippen LogP contribution in [0.2, 0.25) is 0 Å². The van der Waals surface area contributed by atoms with Gasteiger partial charge in [-0.2, -0.15) is 0 Å². The number of aromatic amines is 1. The molecule has 0 aliphatic heterocycles. The predicted octanol–water partition coefficient (Wildman–Crippen LogP) is 3.25. The molecule has 1 heterocycles. The van der Waals surface area contributed by atoms with Crippen molar-refractivity contribution in [2.45, 2.75) is 2.14 Å². The third-order valence-electron chi connectivity index (χ3n) is 1.65. The van der Waals surface area contributed by atoms with Crippen LogP contribution in [0.4, 0.5) is 0 Å². The Morgan fingerprint density at radius 2 is 2.00 bits per heavy atom. The topological polar surface area (TPSA) is 41.6 Å². The molecule has 0 aliphatic carbocycles. The number of hydrogen-bond donors (Lipinski definition) is 1. The molecular weight excluding hydrogens is 366 g/mol. The molecule has 0 amide bonds. The van der Waals surface area contributed by atoms with Gasteiger partial charge < -0.3 is 0 Å². The van der Waals surface area contributed by atoms with Gasteiger partial charge in [0.2, 0.25) is 0 Å². The second kappa shape index (κ2) is 3.33. The minimum Gasteiger partial charge on any atom is -0.258 e. The van der Waals surface area contributed by atoms with E-state index in [-0.39, 0.29) is 2.14 Å². The summed E-state index contributed by atoms with van der Waals surface area (Å²) in [5.74, 6) is 0. The summed E-state index contributed by atoms with van der Waals surface area (Å²) in [6.07, 6.45) is 0. The van der Waals surface area contributed by atoms with E-state index in [2.05, 4.69) is 63.2 Å². The summed E-state index contributed by atoms with van der Waals surface area (Å²) in [5, 5.41) is 10.4. The van der Waals surface area contributed by atoms with Crippen molar-refractivity contribution in [3.05, 3.63) is 23.8 Å². The van der Waals surface area contributed by atoms with Crippen molar-refractivity contribution in [2.24, 2.45) is 0 Å². The molecule has 0 aliphatic rings. The molecule has 0 bridgehead atoms. The summed E-state index contributed by atoms with van der Waals surface area (Å²) in [6.45, 7) is 0. The van der Waals surface area contributed by atoms with Gasteiger partial charge in [-0.1, -0.05) is 59.1 Å². The Labute approximate surface area is 99.7 Å². The second-order valence-electron chi connectivity index (χ2n) is 2.54. The highest BCUT2D eigenvalue weighted by Crippen LogP contribution is 2.44. The highest BCUT2D eigenvalue weighted by molar-refractivity contribution is 9.38. The molecule has 0 atom stereocenters. The minimum atomic E-state index is -0.389. The van der Waals surface area contributed by atoms with Crippen LogP contribution in [-0.2, 0) is 2.14 Å². The predicted molar refractivity (Wildman–Crippen MR) is 62.3 cm³/mol. The molecule has 0 saturated carbocycles. The van der Waals surface area contributed by atoms with Gasteiger partial charge in [0.1, 0.15) is 5.52 Å². The van der Waals surface area contributed by atoms with Gasteiger partial charge in [-0.05, 0) is 17.7 Å². The van der Waals surface area contributed by atoms with E-state index in [9.17, 15) is 0 Å². The zero-order valence-corrected chi connectivity index (χ0v) is 11.0. The maximum Gasteiger partial charge on any atom is 0.159 e. The first-order valence-electron chi connectivity index (χ1n) is 3.45. The first-order chi connectivity index (χ1) is 6.07. The Morgan fingerprint density at radius 3 is 2.69 bits per heavy atom. The molecule has 2 aromatic rings. The molecule has 1 N–H and O–H groups in total. The average Bonchev–Trinajstić information content (AvgIpc) is 2.47. The number of fused-ring (bicyclic) bond motifs is 1. The Hall–Kier alpha value is 0.0600. The molecule has 1 aromatic carbocycles. The first kappa shape index (κ1) is 9.61. The van der Waals surface area contributed by atoms with E-state index >= 15 is 0 Å². The lowest BCUT2D eigenvalue weighted by molar-refractivity contribution is 0.959. The van der Waals surface area contributed by atoms with Crippen molar-refractivity contribution in [2.75, 3.05) is 0 Å². The number of nitrogens with one attached hydrogen (secondary N) is 1. The summed E-state index contributed by atoms with van der Waals surface area (Å²) in [6, 6.07) is 5.85. The van der Waals surface area contributed by atoms with Gasteiger partial charge in [-0.15, -0.1) is 5.10 Å². The van der Waals surface area contributed by atoms with Gasteiger partial charge in [-0.3, -0.25) is 5.10 Å². The molecule has 2 rings (SSSR count). The number of benzene rings is 1. The lowest BCUT2D eigenvalue weighted by Crippen LogP contribution is -1.96. The van der Waals surface area contributed by atoms with Gasteiger partial charge in [-0.25, -0.2) is 0 Å². The molecule has 0 unspecified atom stereocenters. The monoisotopic (exact) mass is 367 g/mol. The third-order valence-corrected chi connectivity index (χ3v) is 3.03. The maximum absolute atomic E-state index is 3.92. The van der Waals surface area contributed by atoms with Crippen LogP contribution in [-0.4, -0.2) is 15.4 Å². The van der Waals surface area contributed by atoms with Gasteiger partial charge in [0, 0.05) is 0 Å². The van der Waals surface area contributed by atoms with Crippen LogP contribution < -0.4 is 0 Å². The van der Waals surface area contributed by atoms with Crippen molar-refractivity contribution in [1.82, 2.24) is 15.4 Å². The fourth-order valence-electron chi connectivity index (χ4n) is 1.02. The van der Waals surface area contributed by atoms with Crippen molar-refractivity contribution >= 4 is 58.8 Å². The molecule has 13 heavy (non-hydrogen) atoms. The number of halogens is 3. The van der Waals surface area contributed by atoms with Gasteiger partial charge in [0.15, 0.2) is 2.14 Å². The fourth-order valence-corrected chi connectivity index (χ4v) is 1.76. The lowest BCUT2D eigenvalue weighted by atomic mass is 10.2. The number of aromatic nitrogens is 3. The Bertz CT molecular complexity index is 432. The molecule has 1 aromatic heterocycles. The average molecular weight is 370 g/mol. The molecule has 68 valence electrons. The number of hydrogen-bond acceptors (Lipinski definition) is 2. The maximum atomic E-state index is 3.92. The smallest absolute Gasteiger partial charge is 0.159 e. The molecule has 0 fully saturated rings. The molecule has 6 heteroatoms. The molecule has 0 saturated heterocycles. The van der Waals surface area contributed by atoms with Crippen molar-refractivity contribution in [3.8, 4) is 0 Å². The summed E-state index contributed by atoms with van der Waals surface area (Å²) < 4.78 is -0.389. The number of alkyl halides is 3. The van der Waals surface area contributed by atoms with Crippen LogP contribution in [0, 0.1) is 0 Å². The second-order valence-corrected chi connectivity index (χ2v) is 9.30. The summed E-state index contributed by atoms with van der Waals surface area (Å²) in [5.41, 5.74) is 2.81. The highest BCUT2D eigenvalue weighted by atomic mass is 80.0. The van der Waals surface area contributed by atoms with E-state index in [4.69, 9.17) is 0 Å². The van der Waals surface area contributed by atoms with E-state index in [0.717, 1.165) is 16.6 Å². The summed E-state index contributed by atoms with van der Waals surface area (Å²) in [7, 11) is 0. The lowest BCUT2D eigenvalue weighted by Gasteiger charge is -2.11. The number of H-pyrrole nitrogens is 1. The van der Waals surface area contributed by atoms with E-state index in [1.165, 1.54) is 0 Å². The quantitative estimate of drug-likeness (QED) is 0.724. The van der Waals surface area contributed by atoms with E-state index < -0.39 is 0 Å². The van der Waals surface area contributed by atoms with Crippen LogP contribution in [0.1, 0.15) is 5.56 Å². The fraction of sp³-hybridized carbons (Fsp3) is 0.143. The SMILES string of the molecule is BrC(Br)(Br)c1ccc2[nH]nnc2c1. The molecule has 3 nitrogen and oxygen atoms in total. The molecule has 0 radical (unpaired) electrons. The summed E-state index contributed by atoms with van der Waals surface area (Å²) in [4.78, 5) is 0. The van der Waals surface area contributed by atoms with E-state index in [1.54, 1.807) is 0 Å². The largest absolute Gasteiger partial charge is 0.258 e. The summed E-state index contributed by atoms with van der Waals surface area (Å²) >= 11 is 10.3. The van der Waals surface area contributed by atoms with E-state index in [1.807, 2.05) is 18.2 Å². The molecule has 0 spiro atoms. The van der Waals surface area contributed by atoms with Gasteiger partial charge >= 0.3 is 0 Å². The van der Waals surface area contributed by atoms with Crippen LogP contribution in [0.25, 0.3) is 11.0 Å². The van der Waals surface area contributed by atoms with Crippen LogP contribution in [0.5, 0.6) is 0 Å². The Kier molecular flexibility index (Phi) is 2.46. The Balaban J connectivity index is 2.61. The van der Waals surface area contributed by atoms with Crippen molar-refractivity contribution in [3.63, 3.8) is 0 Å². The third kappa shape index (κ3) is 1.94. The minimum absolute atomic E-state index is 0.389. The first-order valence-corrected chi connectivity index (χ1v) is 5.83. The molecular formula is C7H4Br3N3. The van der Waals surface area contributed by atoms with Gasteiger partial charge in [0.05, 0.1) is 5.52 Å². The number of nitrogens with zero attached hydrogens (tertiary/aromatic N) is 2. The zero-order chi connectivity index (χ0) is 9.47. The number of rotatable bonds is 0. The van der Waals surface area contributed by atoms with Crippen LogP contribution >= 0.6 is 47.8 Å². The zero-order valence-electron chi connectivity index (χ0n) is 6.26. The Morgan fingerprint density at radius 1 is 1.23 bits per heavy atom. The van der Waals surface area contributed by atoms with Gasteiger partial charge in [0.25, 0.3) is 0 Å². The van der Waals surface area contributed by atoms with Crippen molar-refractivity contribution < 1.29 is 0 Å². The standard InChI is InChI=1S/C7H4Br3N3/c8-7(9,10)4-1-2-5-6(3-4)12-13-11-5/h1-3H,(H,11,12,13). The van der Waals surface area contributed by atoms with Crippen LogP contribution in [0.3, 0.4) is 0 Å². The highest BCUT2D eigenvalue weighted by Gasteiger charge is 2.21.